The summed E-state index contributed by atoms with van der Waals surface area (Å²) in [4.78, 5) is 10.6. The molecule has 3 aromatic heterocycles. The van der Waals surface area contributed by atoms with E-state index in [9.17, 15) is 0 Å². The monoisotopic (exact) mass is 749 g/mol. The molecule has 0 bridgehead atoms. The fraction of sp³-hybridized carbons (Fsp3) is 0.0196. The van der Waals surface area contributed by atoms with Gasteiger partial charge in [-0.3, -0.25) is 0 Å². The van der Waals surface area contributed by atoms with E-state index in [2.05, 4.69) is 151 Å². The standard InChI is InChI=1S/C51H31N3O2S/c1-2-11-30(12-3-1)31-23-25-32(26-24-31)49-52-50(33-27-28-42-40(29-33)34-13-4-6-19-41(34)55-42)54-51(53-49)39-18-9-20-43-46(39)38-17-8-16-36(48(38)56-43)35-15-10-22-45-47(35)37-14-5-7-21-44(37)57-45/h1-29,51H,(H,52,53,54). The molecule has 57 heavy (non-hydrogen) atoms. The van der Waals surface area contributed by atoms with E-state index in [4.69, 9.17) is 18.8 Å². The maximum absolute atomic E-state index is 6.85. The van der Waals surface area contributed by atoms with Gasteiger partial charge in [0, 0.05) is 64.0 Å². The SMILES string of the molecule is c1ccc(-c2ccc(C3=NC(c4cccc5oc6c(-c7cccc8sc9ccccc9c78)cccc6c45)NC(c4ccc5oc6ccccc6c5c4)=N3)cc2)cc1. The average molecular weight is 750 g/mol. The third-order valence-electron chi connectivity index (χ3n) is 11.2. The Labute approximate surface area is 330 Å². The largest absolute Gasteiger partial charge is 0.456 e. The molecule has 11 aromatic rings. The number of thiophene rings is 1. The maximum atomic E-state index is 6.85. The Morgan fingerprint density at radius 1 is 0.456 bits per heavy atom. The second-order valence-electron chi connectivity index (χ2n) is 14.5. The molecule has 4 heterocycles. The molecule has 1 unspecified atom stereocenters. The minimum atomic E-state index is -0.449. The number of hydrogen-bond acceptors (Lipinski definition) is 6. The van der Waals surface area contributed by atoms with Crippen LogP contribution in [0.2, 0.25) is 0 Å². The van der Waals surface area contributed by atoms with Crippen molar-refractivity contribution in [3.63, 3.8) is 0 Å². The summed E-state index contributed by atoms with van der Waals surface area (Å²) in [5.74, 6) is 1.40. The number of aliphatic imine (C=N–C) groups is 2. The van der Waals surface area contributed by atoms with Gasteiger partial charge in [0.1, 0.15) is 34.3 Å². The Hall–Kier alpha value is -7.28. The average Bonchev–Trinajstić information content (AvgIpc) is 3.98. The third-order valence-corrected chi connectivity index (χ3v) is 12.3. The number of fused-ring (bicyclic) bond motifs is 9. The summed E-state index contributed by atoms with van der Waals surface area (Å²) in [5.41, 5.74) is 10.9. The van der Waals surface area contributed by atoms with Crippen LogP contribution in [-0.2, 0) is 0 Å². The molecule has 0 spiro atoms. The zero-order valence-corrected chi connectivity index (χ0v) is 31.3. The number of para-hydroxylation sites is 2. The fourth-order valence-electron chi connectivity index (χ4n) is 8.52. The van der Waals surface area contributed by atoms with Crippen molar-refractivity contribution in [2.45, 2.75) is 6.17 Å². The molecule has 1 atom stereocenters. The molecule has 0 fully saturated rings. The molecule has 8 aromatic carbocycles. The molecule has 0 saturated carbocycles. The Morgan fingerprint density at radius 2 is 1.12 bits per heavy atom. The molecule has 1 aliphatic heterocycles. The fourth-order valence-corrected chi connectivity index (χ4v) is 9.65. The minimum Gasteiger partial charge on any atom is -0.456 e. The smallest absolute Gasteiger partial charge is 0.159 e. The van der Waals surface area contributed by atoms with Crippen molar-refractivity contribution < 1.29 is 8.83 Å². The predicted octanol–water partition coefficient (Wildman–Crippen LogP) is 13.7. The van der Waals surface area contributed by atoms with E-state index < -0.39 is 6.17 Å². The lowest BCUT2D eigenvalue weighted by Gasteiger charge is -2.24. The first kappa shape index (κ1) is 32.0. The topological polar surface area (TPSA) is 63.0 Å². The van der Waals surface area contributed by atoms with Crippen LogP contribution in [0.25, 0.3) is 86.3 Å². The first-order valence-corrected chi connectivity index (χ1v) is 19.9. The molecule has 0 saturated heterocycles. The van der Waals surface area contributed by atoms with Gasteiger partial charge in [-0.1, -0.05) is 133 Å². The lowest BCUT2D eigenvalue weighted by Crippen LogP contribution is -2.33. The summed E-state index contributed by atoms with van der Waals surface area (Å²) in [7, 11) is 0. The van der Waals surface area contributed by atoms with Crippen LogP contribution in [0.15, 0.2) is 195 Å². The van der Waals surface area contributed by atoms with Gasteiger partial charge in [0.25, 0.3) is 0 Å². The first-order chi connectivity index (χ1) is 28.2. The van der Waals surface area contributed by atoms with E-state index in [0.29, 0.717) is 5.84 Å². The lowest BCUT2D eigenvalue weighted by atomic mass is 9.96. The Kier molecular flexibility index (Phi) is 7.09. The highest BCUT2D eigenvalue weighted by Gasteiger charge is 2.26. The molecular weight excluding hydrogens is 719 g/mol. The number of furan rings is 2. The summed E-state index contributed by atoms with van der Waals surface area (Å²) < 4.78 is 15.6. The van der Waals surface area contributed by atoms with Gasteiger partial charge in [-0.15, -0.1) is 11.3 Å². The summed E-state index contributed by atoms with van der Waals surface area (Å²) in [6.45, 7) is 0. The van der Waals surface area contributed by atoms with E-state index in [1.165, 1.54) is 31.3 Å². The molecule has 1 aliphatic rings. The van der Waals surface area contributed by atoms with Crippen LogP contribution < -0.4 is 5.32 Å². The summed E-state index contributed by atoms with van der Waals surface area (Å²) in [5, 5.41) is 10.5. The third kappa shape index (κ3) is 5.15. The van der Waals surface area contributed by atoms with E-state index >= 15 is 0 Å². The van der Waals surface area contributed by atoms with Gasteiger partial charge in [-0.25, -0.2) is 9.98 Å². The number of amidine groups is 2. The number of benzene rings is 8. The van der Waals surface area contributed by atoms with E-state index in [-0.39, 0.29) is 0 Å². The second-order valence-corrected chi connectivity index (χ2v) is 15.6. The number of rotatable bonds is 5. The van der Waals surface area contributed by atoms with E-state index in [0.717, 1.165) is 77.5 Å². The molecule has 0 radical (unpaired) electrons. The predicted molar refractivity (Wildman–Crippen MR) is 237 cm³/mol. The van der Waals surface area contributed by atoms with Crippen molar-refractivity contribution in [1.82, 2.24) is 5.32 Å². The zero-order chi connectivity index (χ0) is 37.5. The summed E-state index contributed by atoms with van der Waals surface area (Å²) in [6.07, 6.45) is -0.449. The Morgan fingerprint density at radius 3 is 2.04 bits per heavy atom. The highest BCUT2D eigenvalue weighted by atomic mass is 32.1. The quantitative estimate of drug-likeness (QED) is 0.191. The van der Waals surface area contributed by atoms with Gasteiger partial charge in [0.2, 0.25) is 0 Å². The summed E-state index contributed by atoms with van der Waals surface area (Å²) in [6, 6.07) is 61.4. The van der Waals surface area contributed by atoms with Crippen LogP contribution in [-0.4, -0.2) is 11.7 Å². The van der Waals surface area contributed by atoms with Crippen LogP contribution in [0.1, 0.15) is 22.9 Å². The van der Waals surface area contributed by atoms with Crippen LogP contribution in [0, 0.1) is 0 Å². The molecular formula is C51H31N3O2S. The molecule has 5 nitrogen and oxygen atoms in total. The van der Waals surface area contributed by atoms with Crippen LogP contribution in [0.4, 0.5) is 0 Å². The maximum Gasteiger partial charge on any atom is 0.159 e. The second kappa shape index (κ2) is 12.6. The molecule has 0 amide bonds. The normalized spacial score (nSPS) is 14.5. The van der Waals surface area contributed by atoms with Gasteiger partial charge < -0.3 is 14.2 Å². The number of hydrogen-bond donors (Lipinski definition) is 1. The zero-order valence-electron chi connectivity index (χ0n) is 30.4. The first-order valence-electron chi connectivity index (χ1n) is 19.1. The van der Waals surface area contributed by atoms with Crippen molar-refractivity contribution in [3.8, 4) is 22.3 Å². The van der Waals surface area contributed by atoms with Crippen molar-refractivity contribution in [2.24, 2.45) is 9.98 Å². The van der Waals surface area contributed by atoms with E-state index in [1.807, 2.05) is 41.7 Å². The molecule has 12 rings (SSSR count). The number of nitrogens with one attached hydrogen (secondary N) is 1. The minimum absolute atomic E-state index is 0.449. The highest BCUT2D eigenvalue weighted by molar-refractivity contribution is 7.25. The van der Waals surface area contributed by atoms with E-state index in [1.54, 1.807) is 0 Å². The molecule has 1 N–H and O–H groups in total. The van der Waals surface area contributed by atoms with Crippen molar-refractivity contribution in [1.29, 1.82) is 0 Å². The van der Waals surface area contributed by atoms with Crippen molar-refractivity contribution in [3.05, 3.63) is 193 Å². The van der Waals surface area contributed by atoms with Crippen molar-refractivity contribution >= 4 is 87.1 Å². The van der Waals surface area contributed by atoms with Gasteiger partial charge >= 0.3 is 0 Å². The highest BCUT2D eigenvalue weighted by Crippen LogP contribution is 2.45. The summed E-state index contributed by atoms with van der Waals surface area (Å²) >= 11 is 1.83. The number of nitrogens with zero attached hydrogens (tertiary/aromatic N) is 2. The lowest BCUT2D eigenvalue weighted by molar-refractivity contribution is 0.662. The van der Waals surface area contributed by atoms with Gasteiger partial charge in [-0.2, -0.15) is 0 Å². The van der Waals surface area contributed by atoms with Crippen LogP contribution in [0.5, 0.6) is 0 Å². The van der Waals surface area contributed by atoms with Crippen LogP contribution in [0.3, 0.4) is 0 Å². The van der Waals surface area contributed by atoms with Gasteiger partial charge in [0.15, 0.2) is 5.84 Å². The van der Waals surface area contributed by atoms with Crippen molar-refractivity contribution in [2.75, 3.05) is 0 Å². The van der Waals surface area contributed by atoms with Crippen LogP contribution >= 0.6 is 11.3 Å². The van der Waals surface area contributed by atoms with Gasteiger partial charge in [0.05, 0.1) is 0 Å². The Bertz CT molecular complexity index is 3440. The van der Waals surface area contributed by atoms with Gasteiger partial charge in [-0.05, 0) is 59.2 Å². The molecule has 0 aliphatic carbocycles. The Balaban J connectivity index is 1.03. The molecule has 268 valence electrons. The molecule has 6 heteroatoms.